The molecular weight excluding hydrogens is 400 g/mol. The number of carbonyl (C=O) groups is 2. The van der Waals surface area contributed by atoms with Gasteiger partial charge < -0.3 is 18.9 Å². The molecule has 0 radical (unpaired) electrons. The van der Waals surface area contributed by atoms with Gasteiger partial charge in [-0.1, -0.05) is 5.16 Å². The number of benzene rings is 1. The van der Waals surface area contributed by atoms with Crippen molar-refractivity contribution in [2.24, 2.45) is 0 Å². The van der Waals surface area contributed by atoms with E-state index in [1.54, 1.807) is 7.11 Å². The highest BCUT2D eigenvalue weighted by Gasteiger charge is 2.44. The molecule has 2 aliphatic heterocycles. The van der Waals surface area contributed by atoms with Crippen molar-refractivity contribution in [3.05, 3.63) is 30.2 Å². The average Bonchev–Trinajstić information content (AvgIpc) is 3.36. The number of nitrogens with zero attached hydrogens (tertiary/aromatic N) is 4. The Morgan fingerprint density at radius 1 is 1.23 bits per heavy atom. The SMILES string of the molecule is COc1ccc(-c2noc(CCC(=O)N3CCC(N4C(=O)OCC4(C)C)CC3)n2)cc1. The highest BCUT2D eigenvalue weighted by atomic mass is 16.6. The molecule has 0 atom stereocenters. The van der Waals surface area contributed by atoms with Gasteiger partial charge in [0.15, 0.2) is 0 Å². The zero-order chi connectivity index (χ0) is 22.0. The van der Waals surface area contributed by atoms with Crippen molar-refractivity contribution in [3.63, 3.8) is 0 Å². The van der Waals surface area contributed by atoms with Crippen molar-refractivity contribution in [1.82, 2.24) is 19.9 Å². The standard InChI is InChI=1S/C22H28N4O5/c1-22(2)14-30-21(28)26(22)16-10-12-25(13-11-16)19(27)9-8-18-23-20(24-31-18)15-4-6-17(29-3)7-5-15/h4-7,16H,8-14H2,1-3H3. The van der Waals surface area contributed by atoms with Crippen molar-refractivity contribution in [2.45, 2.75) is 51.1 Å². The third-order valence-electron chi connectivity index (χ3n) is 5.95. The Bertz CT molecular complexity index is 932. The third kappa shape index (κ3) is 4.50. The molecule has 0 aliphatic carbocycles. The number of aromatic nitrogens is 2. The van der Waals surface area contributed by atoms with Gasteiger partial charge in [-0.2, -0.15) is 4.98 Å². The first-order valence-corrected chi connectivity index (χ1v) is 10.6. The second-order valence-corrected chi connectivity index (χ2v) is 8.59. The van der Waals surface area contributed by atoms with E-state index < -0.39 is 0 Å². The fraction of sp³-hybridized carbons (Fsp3) is 0.545. The zero-order valence-corrected chi connectivity index (χ0v) is 18.2. The summed E-state index contributed by atoms with van der Waals surface area (Å²) in [4.78, 5) is 32.8. The van der Waals surface area contributed by atoms with Crippen molar-refractivity contribution in [1.29, 1.82) is 0 Å². The summed E-state index contributed by atoms with van der Waals surface area (Å²) >= 11 is 0. The Kier molecular flexibility index (Phi) is 5.84. The Morgan fingerprint density at radius 3 is 2.55 bits per heavy atom. The van der Waals surface area contributed by atoms with E-state index in [0.717, 1.165) is 24.2 Å². The molecular formula is C22H28N4O5. The molecule has 2 aromatic rings. The molecule has 0 unspecified atom stereocenters. The molecule has 1 aromatic carbocycles. The minimum atomic E-state index is -0.298. The molecule has 3 heterocycles. The van der Waals surface area contributed by atoms with E-state index in [4.69, 9.17) is 14.0 Å². The Hall–Kier alpha value is -3.10. The summed E-state index contributed by atoms with van der Waals surface area (Å²) in [5.41, 5.74) is 0.528. The summed E-state index contributed by atoms with van der Waals surface area (Å²) in [7, 11) is 1.61. The number of amides is 2. The number of hydrogen-bond donors (Lipinski definition) is 0. The minimum Gasteiger partial charge on any atom is -0.497 e. The van der Waals surface area contributed by atoms with Crippen LogP contribution in [-0.4, -0.2) is 70.3 Å². The van der Waals surface area contributed by atoms with Crippen LogP contribution in [0.25, 0.3) is 11.4 Å². The Labute approximate surface area is 181 Å². The maximum atomic E-state index is 12.7. The molecule has 0 spiro atoms. The van der Waals surface area contributed by atoms with E-state index >= 15 is 0 Å². The monoisotopic (exact) mass is 428 g/mol. The van der Waals surface area contributed by atoms with Crippen LogP contribution in [0.1, 0.15) is 39.0 Å². The second-order valence-electron chi connectivity index (χ2n) is 8.59. The molecule has 4 rings (SSSR count). The highest BCUT2D eigenvalue weighted by molar-refractivity contribution is 5.76. The number of carbonyl (C=O) groups excluding carboxylic acids is 2. The van der Waals surface area contributed by atoms with Gasteiger partial charge in [0, 0.05) is 37.5 Å². The summed E-state index contributed by atoms with van der Waals surface area (Å²) < 4.78 is 15.7. The molecule has 9 nitrogen and oxygen atoms in total. The molecule has 2 aliphatic rings. The highest BCUT2D eigenvalue weighted by Crippen LogP contribution is 2.30. The predicted molar refractivity (Wildman–Crippen MR) is 111 cm³/mol. The molecule has 0 N–H and O–H groups in total. The van der Waals surface area contributed by atoms with Gasteiger partial charge >= 0.3 is 6.09 Å². The molecule has 2 fully saturated rings. The van der Waals surface area contributed by atoms with Gasteiger partial charge in [-0.25, -0.2) is 4.79 Å². The topological polar surface area (TPSA) is 98.0 Å². The molecule has 166 valence electrons. The van der Waals surface area contributed by atoms with Crippen molar-refractivity contribution in [3.8, 4) is 17.1 Å². The van der Waals surface area contributed by atoms with Crippen LogP contribution in [0.4, 0.5) is 4.79 Å². The van der Waals surface area contributed by atoms with Gasteiger partial charge in [-0.05, 0) is 51.0 Å². The third-order valence-corrected chi connectivity index (χ3v) is 5.95. The van der Waals surface area contributed by atoms with E-state index in [2.05, 4.69) is 10.1 Å². The lowest BCUT2D eigenvalue weighted by atomic mass is 9.97. The lowest BCUT2D eigenvalue weighted by Crippen LogP contribution is -2.53. The first-order valence-electron chi connectivity index (χ1n) is 10.6. The van der Waals surface area contributed by atoms with Crippen LogP contribution >= 0.6 is 0 Å². The van der Waals surface area contributed by atoms with E-state index in [9.17, 15) is 9.59 Å². The average molecular weight is 428 g/mol. The van der Waals surface area contributed by atoms with Gasteiger partial charge in [0.25, 0.3) is 0 Å². The smallest absolute Gasteiger partial charge is 0.410 e. The molecule has 0 saturated carbocycles. The number of methoxy groups -OCH3 is 1. The van der Waals surface area contributed by atoms with Crippen LogP contribution in [0.15, 0.2) is 28.8 Å². The maximum Gasteiger partial charge on any atom is 0.410 e. The van der Waals surface area contributed by atoms with Crippen molar-refractivity contribution in [2.75, 3.05) is 26.8 Å². The van der Waals surface area contributed by atoms with E-state index in [-0.39, 0.29) is 23.6 Å². The normalized spacial score (nSPS) is 18.9. The number of rotatable bonds is 6. The Morgan fingerprint density at radius 2 is 1.94 bits per heavy atom. The summed E-state index contributed by atoms with van der Waals surface area (Å²) in [5.74, 6) is 1.75. The molecule has 2 amide bonds. The molecule has 1 aromatic heterocycles. The fourth-order valence-corrected chi connectivity index (χ4v) is 4.23. The number of aryl methyl sites for hydroxylation is 1. The summed E-state index contributed by atoms with van der Waals surface area (Å²) in [5, 5.41) is 4.01. The minimum absolute atomic E-state index is 0.0610. The second kappa shape index (κ2) is 8.56. The fourth-order valence-electron chi connectivity index (χ4n) is 4.23. The summed E-state index contributed by atoms with van der Waals surface area (Å²) in [6.07, 6.45) is 1.97. The number of ether oxygens (including phenoxy) is 2. The quantitative estimate of drug-likeness (QED) is 0.698. The van der Waals surface area contributed by atoms with Gasteiger partial charge in [0.2, 0.25) is 17.6 Å². The number of likely N-dealkylation sites (tertiary alicyclic amines) is 1. The number of cyclic esters (lactones) is 1. The first-order chi connectivity index (χ1) is 14.9. The lowest BCUT2D eigenvalue weighted by Gasteiger charge is -2.40. The van der Waals surface area contributed by atoms with Gasteiger partial charge in [0.05, 0.1) is 12.6 Å². The predicted octanol–water partition coefficient (Wildman–Crippen LogP) is 2.90. The molecule has 31 heavy (non-hydrogen) atoms. The van der Waals surface area contributed by atoms with Crippen LogP contribution in [0.2, 0.25) is 0 Å². The van der Waals surface area contributed by atoms with Gasteiger partial charge in [-0.3, -0.25) is 9.69 Å². The molecule has 9 heteroatoms. The zero-order valence-electron chi connectivity index (χ0n) is 18.2. The van der Waals surface area contributed by atoms with E-state index in [0.29, 0.717) is 44.3 Å². The van der Waals surface area contributed by atoms with Gasteiger partial charge in [-0.15, -0.1) is 0 Å². The van der Waals surface area contributed by atoms with Crippen molar-refractivity contribution >= 4 is 12.0 Å². The van der Waals surface area contributed by atoms with Gasteiger partial charge in [0.1, 0.15) is 12.4 Å². The largest absolute Gasteiger partial charge is 0.497 e. The van der Waals surface area contributed by atoms with Crippen LogP contribution in [0.5, 0.6) is 5.75 Å². The van der Waals surface area contributed by atoms with Crippen LogP contribution in [0.3, 0.4) is 0 Å². The summed E-state index contributed by atoms with van der Waals surface area (Å²) in [6.45, 7) is 5.70. The van der Waals surface area contributed by atoms with Crippen LogP contribution < -0.4 is 4.74 Å². The summed E-state index contributed by atoms with van der Waals surface area (Å²) in [6, 6.07) is 7.50. The van der Waals surface area contributed by atoms with E-state index in [1.807, 2.05) is 47.9 Å². The maximum absolute atomic E-state index is 12.7. The lowest BCUT2D eigenvalue weighted by molar-refractivity contribution is -0.132. The first kappa shape index (κ1) is 21.1. The molecule has 2 saturated heterocycles. The number of hydrogen-bond acceptors (Lipinski definition) is 7. The molecule has 0 bridgehead atoms. The van der Waals surface area contributed by atoms with Crippen molar-refractivity contribution < 1.29 is 23.6 Å². The van der Waals surface area contributed by atoms with Crippen LogP contribution in [-0.2, 0) is 16.0 Å². The number of piperidine rings is 1. The van der Waals surface area contributed by atoms with Crippen LogP contribution in [0, 0.1) is 0 Å². The Balaban J connectivity index is 1.27. The van der Waals surface area contributed by atoms with E-state index in [1.165, 1.54) is 0 Å².